The number of aliphatic hydroxyl groups is 1. The molecule has 0 fully saturated rings. The van der Waals surface area contributed by atoms with Crippen LogP contribution in [0.4, 0.5) is 0 Å². The van der Waals surface area contributed by atoms with E-state index in [9.17, 15) is 9.90 Å². The first kappa shape index (κ1) is 19.5. The van der Waals surface area contributed by atoms with E-state index in [2.05, 4.69) is 29.0 Å². The molecule has 2 aromatic carbocycles. The zero-order valence-corrected chi connectivity index (χ0v) is 15.7. The molecule has 0 aliphatic carbocycles. The van der Waals surface area contributed by atoms with Crippen molar-refractivity contribution in [1.82, 2.24) is 4.98 Å². The van der Waals surface area contributed by atoms with Crippen LogP contribution in [0.15, 0.2) is 79.0 Å². The first-order valence-corrected chi connectivity index (χ1v) is 9.48. The largest absolute Gasteiger partial charge is 0.396 e. The summed E-state index contributed by atoms with van der Waals surface area (Å²) in [6, 6.07) is 23.6. The summed E-state index contributed by atoms with van der Waals surface area (Å²) in [5, 5.41) is 9.30. The second-order valence-electron chi connectivity index (χ2n) is 6.64. The summed E-state index contributed by atoms with van der Waals surface area (Å²) in [6.07, 6.45) is 3.70. The second-order valence-corrected chi connectivity index (χ2v) is 6.64. The smallest absolute Gasteiger partial charge is 0.208 e. The standard InChI is InChI=1S/C25H23NO2/c27-19-17-23(15-11-20-6-2-1-3-7-20)25(28)16-12-21-9-13-22(14-10-21)24-8-4-5-18-26-24/h1-10,13-14,18,23,27H,11,15,17,19H2. The minimum Gasteiger partial charge on any atom is -0.396 e. The number of nitrogens with zero attached hydrogens (tertiary/aromatic N) is 1. The van der Waals surface area contributed by atoms with E-state index in [1.54, 1.807) is 6.20 Å². The quantitative estimate of drug-likeness (QED) is 0.632. The van der Waals surface area contributed by atoms with E-state index in [-0.39, 0.29) is 18.3 Å². The number of hydrogen-bond acceptors (Lipinski definition) is 3. The highest BCUT2D eigenvalue weighted by Gasteiger charge is 2.16. The molecule has 1 unspecified atom stereocenters. The molecule has 1 atom stereocenters. The van der Waals surface area contributed by atoms with Gasteiger partial charge in [-0.3, -0.25) is 9.78 Å². The molecule has 0 amide bonds. The Labute approximate surface area is 166 Å². The van der Waals surface area contributed by atoms with Gasteiger partial charge in [0, 0.05) is 29.8 Å². The van der Waals surface area contributed by atoms with E-state index in [1.807, 2.05) is 60.7 Å². The van der Waals surface area contributed by atoms with Gasteiger partial charge in [0.25, 0.3) is 0 Å². The van der Waals surface area contributed by atoms with Crippen LogP contribution in [0.3, 0.4) is 0 Å². The summed E-state index contributed by atoms with van der Waals surface area (Å²) in [5.41, 5.74) is 3.90. The maximum atomic E-state index is 12.5. The zero-order chi connectivity index (χ0) is 19.6. The predicted octanol–water partition coefficient (Wildman–Crippen LogP) is 4.30. The number of carbonyl (C=O) groups is 1. The first-order chi connectivity index (χ1) is 13.8. The summed E-state index contributed by atoms with van der Waals surface area (Å²) in [4.78, 5) is 16.8. The van der Waals surface area contributed by atoms with Gasteiger partial charge in [-0.1, -0.05) is 54.5 Å². The lowest BCUT2D eigenvalue weighted by molar-refractivity contribution is -0.118. The van der Waals surface area contributed by atoms with Crippen molar-refractivity contribution in [3.63, 3.8) is 0 Å². The van der Waals surface area contributed by atoms with Gasteiger partial charge >= 0.3 is 0 Å². The van der Waals surface area contributed by atoms with E-state index in [4.69, 9.17) is 0 Å². The van der Waals surface area contributed by atoms with E-state index < -0.39 is 0 Å². The highest BCUT2D eigenvalue weighted by atomic mass is 16.3. The Hall–Kier alpha value is -3.22. The molecule has 0 aliphatic heterocycles. The van der Waals surface area contributed by atoms with Crippen molar-refractivity contribution in [3.05, 3.63) is 90.1 Å². The fraction of sp³-hybridized carbons (Fsp3) is 0.200. The first-order valence-electron chi connectivity index (χ1n) is 9.48. The number of Topliss-reactive ketones (excluding diaryl/α,β-unsaturated/α-hetero) is 1. The van der Waals surface area contributed by atoms with Crippen LogP contribution in [0.25, 0.3) is 11.3 Å². The maximum Gasteiger partial charge on any atom is 0.208 e. The van der Waals surface area contributed by atoms with Crippen molar-refractivity contribution in [2.75, 3.05) is 6.61 Å². The van der Waals surface area contributed by atoms with Crippen LogP contribution in [0.5, 0.6) is 0 Å². The molecule has 0 bridgehead atoms. The average molecular weight is 369 g/mol. The number of aliphatic hydroxyl groups excluding tert-OH is 1. The van der Waals surface area contributed by atoms with Gasteiger partial charge in [-0.05, 0) is 55.0 Å². The Kier molecular flexibility index (Phi) is 7.12. The Balaban J connectivity index is 1.64. The van der Waals surface area contributed by atoms with Gasteiger partial charge in [0.2, 0.25) is 5.78 Å². The molecule has 3 nitrogen and oxygen atoms in total. The molecule has 0 saturated heterocycles. The number of carbonyl (C=O) groups excluding carboxylic acids is 1. The Morgan fingerprint density at radius 3 is 2.36 bits per heavy atom. The molecule has 0 spiro atoms. The molecule has 3 aromatic rings. The van der Waals surface area contributed by atoms with E-state index >= 15 is 0 Å². The maximum absolute atomic E-state index is 12.5. The van der Waals surface area contributed by atoms with Gasteiger partial charge in [0.1, 0.15) is 0 Å². The summed E-state index contributed by atoms with van der Waals surface area (Å²) in [5.74, 6) is 5.37. The van der Waals surface area contributed by atoms with Crippen LogP contribution in [0.1, 0.15) is 24.0 Å². The van der Waals surface area contributed by atoms with E-state index in [1.165, 1.54) is 5.56 Å². The number of aromatic nitrogens is 1. The van der Waals surface area contributed by atoms with Crippen LogP contribution < -0.4 is 0 Å². The van der Waals surface area contributed by atoms with Crippen LogP contribution in [0, 0.1) is 17.8 Å². The van der Waals surface area contributed by atoms with Crippen molar-refractivity contribution < 1.29 is 9.90 Å². The normalized spacial score (nSPS) is 11.3. The summed E-state index contributed by atoms with van der Waals surface area (Å²) in [7, 11) is 0. The molecule has 0 radical (unpaired) electrons. The molecule has 0 aliphatic rings. The van der Waals surface area contributed by atoms with Crippen molar-refractivity contribution in [2.24, 2.45) is 5.92 Å². The molecule has 1 heterocycles. The minimum atomic E-state index is -0.245. The summed E-state index contributed by atoms with van der Waals surface area (Å²) < 4.78 is 0. The molecule has 3 rings (SSSR count). The van der Waals surface area contributed by atoms with E-state index in [0.717, 1.165) is 23.2 Å². The van der Waals surface area contributed by atoms with Crippen LogP contribution >= 0.6 is 0 Å². The SMILES string of the molecule is O=C(C#Cc1ccc(-c2ccccn2)cc1)C(CCO)CCc1ccccc1. The van der Waals surface area contributed by atoms with Gasteiger partial charge in [-0.15, -0.1) is 0 Å². The molecule has 1 aromatic heterocycles. The Bertz CT molecular complexity index is 939. The molecule has 3 heteroatoms. The van der Waals surface area contributed by atoms with Crippen molar-refractivity contribution in [2.45, 2.75) is 19.3 Å². The number of ketones is 1. The van der Waals surface area contributed by atoms with Crippen molar-refractivity contribution in [1.29, 1.82) is 0 Å². The lowest BCUT2D eigenvalue weighted by Gasteiger charge is -2.11. The number of hydrogen-bond donors (Lipinski definition) is 1. The highest BCUT2D eigenvalue weighted by Crippen LogP contribution is 2.17. The predicted molar refractivity (Wildman–Crippen MR) is 112 cm³/mol. The number of pyridine rings is 1. The third-order valence-electron chi connectivity index (χ3n) is 4.65. The van der Waals surface area contributed by atoms with Crippen molar-refractivity contribution >= 4 is 5.78 Å². The minimum absolute atomic E-state index is 0.00828. The molecular weight excluding hydrogens is 346 g/mol. The molecular formula is C25H23NO2. The van der Waals surface area contributed by atoms with Gasteiger partial charge in [0.05, 0.1) is 5.69 Å². The van der Waals surface area contributed by atoms with Crippen LogP contribution in [0.2, 0.25) is 0 Å². The Morgan fingerprint density at radius 2 is 1.68 bits per heavy atom. The number of rotatable bonds is 7. The fourth-order valence-corrected chi connectivity index (χ4v) is 3.04. The molecule has 140 valence electrons. The third kappa shape index (κ3) is 5.64. The van der Waals surface area contributed by atoms with E-state index in [0.29, 0.717) is 12.8 Å². The third-order valence-corrected chi connectivity index (χ3v) is 4.65. The molecule has 0 saturated carbocycles. The summed E-state index contributed by atoms with van der Waals surface area (Å²) >= 11 is 0. The Morgan fingerprint density at radius 1 is 0.929 bits per heavy atom. The summed E-state index contributed by atoms with van der Waals surface area (Å²) in [6.45, 7) is -0.00828. The molecule has 1 N–H and O–H groups in total. The fourth-order valence-electron chi connectivity index (χ4n) is 3.04. The second kappa shape index (κ2) is 10.2. The number of aryl methyl sites for hydroxylation is 1. The average Bonchev–Trinajstić information content (AvgIpc) is 2.76. The lowest BCUT2D eigenvalue weighted by atomic mass is 9.93. The topological polar surface area (TPSA) is 50.2 Å². The van der Waals surface area contributed by atoms with Crippen molar-refractivity contribution in [3.8, 4) is 23.1 Å². The van der Waals surface area contributed by atoms with Crippen LogP contribution in [-0.2, 0) is 11.2 Å². The lowest BCUT2D eigenvalue weighted by Crippen LogP contribution is -2.15. The molecule has 28 heavy (non-hydrogen) atoms. The van der Waals surface area contributed by atoms with Crippen LogP contribution in [-0.4, -0.2) is 22.5 Å². The zero-order valence-electron chi connectivity index (χ0n) is 15.7. The van der Waals surface area contributed by atoms with Gasteiger partial charge < -0.3 is 5.11 Å². The van der Waals surface area contributed by atoms with Gasteiger partial charge in [-0.2, -0.15) is 0 Å². The highest BCUT2D eigenvalue weighted by molar-refractivity contribution is 5.97. The van der Waals surface area contributed by atoms with Gasteiger partial charge in [-0.25, -0.2) is 0 Å². The van der Waals surface area contributed by atoms with Gasteiger partial charge in [0.15, 0.2) is 0 Å². The monoisotopic (exact) mass is 369 g/mol. The number of benzene rings is 2.